The van der Waals surface area contributed by atoms with Gasteiger partial charge in [-0.25, -0.2) is 4.39 Å². The molecule has 0 atom stereocenters. The SMILES string of the molecule is O=C(Nc1nnc(C2CCCCC2)s1)c1cc(F)c(Cl)cc1Cl. The van der Waals surface area contributed by atoms with Gasteiger partial charge in [-0.15, -0.1) is 10.2 Å². The molecule has 1 aliphatic carbocycles. The van der Waals surface area contributed by atoms with Crippen molar-refractivity contribution < 1.29 is 9.18 Å². The molecule has 4 nitrogen and oxygen atoms in total. The average molecular weight is 374 g/mol. The largest absolute Gasteiger partial charge is 0.296 e. The second-order valence-electron chi connectivity index (χ2n) is 5.48. The minimum atomic E-state index is -0.693. The number of aromatic nitrogens is 2. The van der Waals surface area contributed by atoms with E-state index in [-0.39, 0.29) is 15.6 Å². The van der Waals surface area contributed by atoms with E-state index in [1.807, 2.05) is 0 Å². The van der Waals surface area contributed by atoms with Gasteiger partial charge < -0.3 is 0 Å². The molecule has 1 saturated carbocycles. The normalized spacial score (nSPS) is 15.6. The van der Waals surface area contributed by atoms with E-state index in [4.69, 9.17) is 23.2 Å². The number of rotatable bonds is 3. The molecule has 1 aromatic carbocycles. The van der Waals surface area contributed by atoms with E-state index in [1.165, 1.54) is 36.7 Å². The van der Waals surface area contributed by atoms with E-state index in [9.17, 15) is 9.18 Å². The molecule has 2 aromatic rings. The van der Waals surface area contributed by atoms with Crippen LogP contribution in [-0.4, -0.2) is 16.1 Å². The highest BCUT2D eigenvalue weighted by molar-refractivity contribution is 7.15. The summed E-state index contributed by atoms with van der Waals surface area (Å²) in [4.78, 5) is 12.2. The van der Waals surface area contributed by atoms with Crippen molar-refractivity contribution in [1.82, 2.24) is 10.2 Å². The van der Waals surface area contributed by atoms with Gasteiger partial charge in [0.05, 0.1) is 15.6 Å². The maximum atomic E-state index is 13.5. The van der Waals surface area contributed by atoms with E-state index >= 15 is 0 Å². The van der Waals surface area contributed by atoms with Gasteiger partial charge in [-0.3, -0.25) is 10.1 Å². The number of nitrogens with zero attached hydrogens (tertiary/aromatic N) is 2. The van der Waals surface area contributed by atoms with Crippen molar-refractivity contribution >= 4 is 45.6 Å². The number of hydrogen-bond acceptors (Lipinski definition) is 4. The highest BCUT2D eigenvalue weighted by Crippen LogP contribution is 2.35. The summed E-state index contributed by atoms with van der Waals surface area (Å²) in [5.74, 6) is -0.804. The first-order chi connectivity index (χ1) is 11.0. The Morgan fingerprint density at radius 1 is 1.17 bits per heavy atom. The smallest absolute Gasteiger partial charge is 0.259 e. The zero-order valence-electron chi connectivity index (χ0n) is 12.1. The minimum absolute atomic E-state index is 0.0167. The molecule has 0 bridgehead atoms. The quantitative estimate of drug-likeness (QED) is 0.744. The first-order valence-corrected chi connectivity index (χ1v) is 8.91. The number of benzene rings is 1. The Balaban J connectivity index is 1.73. The minimum Gasteiger partial charge on any atom is -0.296 e. The van der Waals surface area contributed by atoms with Crippen LogP contribution < -0.4 is 5.32 Å². The fourth-order valence-electron chi connectivity index (χ4n) is 2.66. The van der Waals surface area contributed by atoms with E-state index < -0.39 is 11.7 Å². The lowest BCUT2D eigenvalue weighted by molar-refractivity contribution is 0.102. The van der Waals surface area contributed by atoms with Crippen LogP contribution >= 0.6 is 34.5 Å². The van der Waals surface area contributed by atoms with Crippen molar-refractivity contribution in [2.75, 3.05) is 5.32 Å². The summed E-state index contributed by atoms with van der Waals surface area (Å²) in [5.41, 5.74) is 0.0167. The molecule has 1 N–H and O–H groups in total. The number of carbonyl (C=O) groups excluding carboxylic acids is 1. The third kappa shape index (κ3) is 3.82. The van der Waals surface area contributed by atoms with Crippen molar-refractivity contribution in [3.05, 3.63) is 38.6 Å². The number of amides is 1. The maximum Gasteiger partial charge on any atom is 0.259 e. The molecule has 1 heterocycles. The monoisotopic (exact) mass is 373 g/mol. The van der Waals surface area contributed by atoms with Crippen LogP contribution in [0.3, 0.4) is 0 Å². The Labute approximate surface area is 147 Å². The van der Waals surface area contributed by atoms with Gasteiger partial charge in [0.1, 0.15) is 10.8 Å². The van der Waals surface area contributed by atoms with Crippen LogP contribution in [0, 0.1) is 5.82 Å². The molecule has 0 radical (unpaired) electrons. The van der Waals surface area contributed by atoms with Crippen LogP contribution in [0.15, 0.2) is 12.1 Å². The Hall–Kier alpha value is -1.24. The van der Waals surface area contributed by atoms with Crippen LogP contribution in [0.5, 0.6) is 0 Å². The molecule has 1 aliphatic rings. The Morgan fingerprint density at radius 2 is 1.91 bits per heavy atom. The zero-order valence-corrected chi connectivity index (χ0v) is 14.4. The highest BCUT2D eigenvalue weighted by Gasteiger charge is 2.21. The number of nitrogens with one attached hydrogen (secondary N) is 1. The summed E-state index contributed by atoms with van der Waals surface area (Å²) in [7, 11) is 0. The number of halogens is 3. The van der Waals surface area contributed by atoms with Crippen LogP contribution in [0.4, 0.5) is 9.52 Å². The molecule has 0 spiro atoms. The summed E-state index contributed by atoms with van der Waals surface area (Å²) < 4.78 is 13.5. The van der Waals surface area contributed by atoms with Crippen LogP contribution in [0.1, 0.15) is 53.4 Å². The van der Waals surface area contributed by atoms with Crippen LogP contribution in [0.2, 0.25) is 10.0 Å². The summed E-state index contributed by atoms with van der Waals surface area (Å²) in [6, 6.07) is 2.23. The van der Waals surface area contributed by atoms with E-state index in [2.05, 4.69) is 15.5 Å². The van der Waals surface area contributed by atoms with E-state index in [0.717, 1.165) is 23.9 Å². The number of anilines is 1. The van der Waals surface area contributed by atoms with Gasteiger partial charge in [0.25, 0.3) is 5.91 Å². The molecular weight excluding hydrogens is 360 g/mol. The van der Waals surface area contributed by atoms with Gasteiger partial charge in [-0.05, 0) is 25.0 Å². The third-order valence-electron chi connectivity index (χ3n) is 3.87. The molecule has 122 valence electrons. The molecular formula is C15H14Cl2FN3OS. The van der Waals surface area contributed by atoms with Crippen molar-refractivity contribution in [1.29, 1.82) is 0 Å². The topological polar surface area (TPSA) is 54.9 Å². The lowest BCUT2D eigenvalue weighted by Crippen LogP contribution is -2.12. The predicted octanol–water partition coefficient (Wildman–Crippen LogP) is 5.28. The first kappa shape index (κ1) is 16.6. The van der Waals surface area contributed by atoms with E-state index in [1.54, 1.807) is 0 Å². The molecule has 1 amide bonds. The molecule has 8 heteroatoms. The van der Waals surface area contributed by atoms with Crippen molar-refractivity contribution in [3.63, 3.8) is 0 Å². The average Bonchev–Trinajstić information content (AvgIpc) is 3.00. The second-order valence-corrected chi connectivity index (χ2v) is 7.30. The van der Waals surface area contributed by atoms with Gasteiger partial charge >= 0.3 is 0 Å². The number of carbonyl (C=O) groups is 1. The molecule has 0 unspecified atom stereocenters. The standard InChI is InChI=1S/C15H14Cl2FN3OS/c16-10-7-11(17)12(18)6-9(10)13(22)19-15-21-20-14(23-15)8-4-2-1-3-5-8/h6-8H,1-5H2,(H,19,21,22). The molecule has 3 rings (SSSR count). The van der Waals surface area contributed by atoms with Gasteiger partial charge in [-0.1, -0.05) is 53.8 Å². The van der Waals surface area contributed by atoms with Crippen molar-refractivity contribution in [2.45, 2.75) is 38.0 Å². The van der Waals surface area contributed by atoms with Crippen molar-refractivity contribution in [3.8, 4) is 0 Å². The molecule has 1 fully saturated rings. The predicted molar refractivity (Wildman–Crippen MR) is 90.1 cm³/mol. The number of hydrogen-bond donors (Lipinski definition) is 1. The fourth-order valence-corrected chi connectivity index (χ4v) is 4.04. The molecule has 0 saturated heterocycles. The lowest BCUT2D eigenvalue weighted by Gasteiger charge is -2.18. The molecule has 23 heavy (non-hydrogen) atoms. The fraction of sp³-hybridized carbons (Fsp3) is 0.400. The maximum absolute atomic E-state index is 13.5. The van der Waals surface area contributed by atoms with Crippen LogP contribution in [0.25, 0.3) is 0 Å². The lowest BCUT2D eigenvalue weighted by atomic mass is 9.90. The summed E-state index contributed by atoms with van der Waals surface area (Å²) in [5, 5.41) is 12.1. The third-order valence-corrected chi connectivity index (χ3v) is 5.47. The van der Waals surface area contributed by atoms with Gasteiger partial charge in [-0.2, -0.15) is 0 Å². The van der Waals surface area contributed by atoms with Gasteiger partial charge in [0.2, 0.25) is 5.13 Å². The Morgan fingerprint density at radius 3 is 2.65 bits per heavy atom. The van der Waals surface area contributed by atoms with Gasteiger partial charge in [0.15, 0.2) is 0 Å². The summed E-state index contributed by atoms with van der Waals surface area (Å²) in [6.45, 7) is 0. The van der Waals surface area contributed by atoms with Crippen molar-refractivity contribution in [2.24, 2.45) is 0 Å². The first-order valence-electron chi connectivity index (χ1n) is 7.34. The second kappa shape index (κ2) is 7.11. The molecule has 1 aromatic heterocycles. The summed E-state index contributed by atoms with van der Waals surface area (Å²) >= 11 is 12.9. The highest BCUT2D eigenvalue weighted by atomic mass is 35.5. The Bertz CT molecular complexity index is 732. The van der Waals surface area contributed by atoms with E-state index in [0.29, 0.717) is 11.0 Å². The zero-order chi connectivity index (χ0) is 16.4. The van der Waals surface area contributed by atoms with Crippen LogP contribution in [-0.2, 0) is 0 Å². The molecule has 0 aliphatic heterocycles. The Kier molecular flexibility index (Phi) is 5.14. The van der Waals surface area contributed by atoms with Gasteiger partial charge in [0, 0.05) is 5.92 Å². The summed E-state index contributed by atoms with van der Waals surface area (Å²) in [6.07, 6.45) is 5.88.